The molecule has 0 heterocycles. The van der Waals surface area contributed by atoms with E-state index >= 15 is 0 Å². The summed E-state index contributed by atoms with van der Waals surface area (Å²) in [6, 6.07) is 0. The van der Waals surface area contributed by atoms with Gasteiger partial charge in [-0.25, -0.2) is 0 Å². The van der Waals surface area contributed by atoms with Gasteiger partial charge >= 0.3 is 5.97 Å². The molecule has 0 radical (unpaired) electrons. The zero-order chi connectivity index (χ0) is 17.2. The van der Waals surface area contributed by atoms with Crippen molar-refractivity contribution < 1.29 is 14.7 Å². The Hall–Kier alpha value is -0.860. The van der Waals surface area contributed by atoms with Crippen LogP contribution in [-0.2, 0) is 9.59 Å². The van der Waals surface area contributed by atoms with Gasteiger partial charge in [0.25, 0.3) is 0 Å². The van der Waals surface area contributed by atoms with Crippen molar-refractivity contribution >= 4 is 11.8 Å². The number of Topliss-reactive ketones (excluding diaryl/α,β-unsaturated/α-hetero) is 1. The number of unbranched alkanes of at least 4 members (excludes halogenated alkanes) is 12. The van der Waals surface area contributed by atoms with Gasteiger partial charge in [0.2, 0.25) is 0 Å². The average Bonchev–Trinajstić information content (AvgIpc) is 2.52. The molecule has 23 heavy (non-hydrogen) atoms. The largest absolute Gasteiger partial charge is 0.481 e. The van der Waals surface area contributed by atoms with Crippen LogP contribution < -0.4 is 0 Å². The van der Waals surface area contributed by atoms with E-state index in [1.165, 1.54) is 51.4 Å². The van der Waals surface area contributed by atoms with E-state index in [2.05, 4.69) is 6.92 Å². The van der Waals surface area contributed by atoms with E-state index in [-0.39, 0.29) is 6.42 Å². The summed E-state index contributed by atoms with van der Waals surface area (Å²) in [5, 5.41) is 8.53. The highest BCUT2D eigenvalue weighted by molar-refractivity contribution is 5.78. The smallest absolute Gasteiger partial charge is 0.303 e. The minimum absolute atomic E-state index is 0.275. The fourth-order valence-corrected chi connectivity index (χ4v) is 2.89. The number of carboxylic acid groups (broad SMARTS) is 1. The molecule has 1 N–H and O–H groups in total. The number of rotatable bonds is 18. The summed E-state index contributed by atoms with van der Waals surface area (Å²) >= 11 is 0. The number of carboxylic acids is 1. The normalized spacial score (nSPS) is 10.8. The number of aliphatic carboxylic acids is 1. The van der Waals surface area contributed by atoms with Crippen molar-refractivity contribution in [2.24, 2.45) is 0 Å². The van der Waals surface area contributed by atoms with E-state index < -0.39 is 5.97 Å². The third-order valence-corrected chi connectivity index (χ3v) is 4.41. The van der Waals surface area contributed by atoms with Crippen molar-refractivity contribution in [3.8, 4) is 0 Å². The lowest BCUT2D eigenvalue weighted by molar-refractivity contribution is -0.137. The first kappa shape index (κ1) is 22.1. The zero-order valence-electron chi connectivity index (χ0n) is 15.3. The van der Waals surface area contributed by atoms with Gasteiger partial charge in [-0.1, -0.05) is 77.6 Å². The Balaban J connectivity index is 3.17. The van der Waals surface area contributed by atoms with Gasteiger partial charge in [-0.15, -0.1) is 0 Å². The van der Waals surface area contributed by atoms with Crippen LogP contribution in [0.4, 0.5) is 0 Å². The zero-order valence-corrected chi connectivity index (χ0v) is 15.3. The lowest BCUT2D eigenvalue weighted by Crippen LogP contribution is -1.98. The molecule has 0 amide bonds. The molecule has 0 aliphatic rings. The Morgan fingerprint density at radius 2 is 0.913 bits per heavy atom. The van der Waals surface area contributed by atoms with Crippen LogP contribution in [0.2, 0.25) is 0 Å². The van der Waals surface area contributed by atoms with Crippen molar-refractivity contribution in [1.82, 2.24) is 0 Å². The maximum Gasteiger partial charge on any atom is 0.303 e. The van der Waals surface area contributed by atoms with Crippen LogP contribution in [0.25, 0.3) is 0 Å². The fourth-order valence-electron chi connectivity index (χ4n) is 2.89. The summed E-state index contributed by atoms with van der Waals surface area (Å²) in [5.74, 6) is -0.292. The molecule has 0 rings (SSSR count). The van der Waals surface area contributed by atoms with Crippen molar-refractivity contribution in [2.75, 3.05) is 0 Å². The van der Waals surface area contributed by atoms with Crippen molar-refractivity contribution in [3.63, 3.8) is 0 Å². The van der Waals surface area contributed by atoms with Crippen LogP contribution >= 0.6 is 0 Å². The first-order valence-corrected chi connectivity index (χ1v) is 9.90. The average molecular weight is 327 g/mol. The highest BCUT2D eigenvalue weighted by Gasteiger charge is 2.02. The summed E-state index contributed by atoms with van der Waals surface area (Å²) in [4.78, 5) is 22.1. The van der Waals surface area contributed by atoms with Gasteiger partial charge in [-0.3, -0.25) is 9.59 Å². The number of ketones is 1. The van der Waals surface area contributed by atoms with Gasteiger partial charge in [0, 0.05) is 19.3 Å². The molecule has 0 spiro atoms. The van der Waals surface area contributed by atoms with Crippen LogP contribution in [0, 0.1) is 0 Å². The molecule has 0 unspecified atom stereocenters. The molecular formula is C20H38O3. The molecule has 0 bridgehead atoms. The Bertz CT molecular complexity index is 287. The van der Waals surface area contributed by atoms with Crippen molar-refractivity contribution in [2.45, 2.75) is 116 Å². The van der Waals surface area contributed by atoms with E-state index in [0.717, 1.165) is 51.4 Å². The molecule has 0 aromatic heterocycles. The third kappa shape index (κ3) is 19.1. The minimum atomic E-state index is -0.707. The number of hydrogen-bond donors (Lipinski definition) is 1. The van der Waals surface area contributed by atoms with E-state index in [4.69, 9.17) is 5.11 Å². The molecule has 3 heteroatoms. The van der Waals surface area contributed by atoms with Crippen LogP contribution in [0.5, 0.6) is 0 Å². The predicted molar refractivity (Wildman–Crippen MR) is 96.8 cm³/mol. The second-order valence-corrected chi connectivity index (χ2v) is 6.78. The molecule has 0 saturated carbocycles. The van der Waals surface area contributed by atoms with Crippen molar-refractivity contribution in [3.05, 3.63) is 0 Å². The van der Waals surface area contributed by atoms with Crippen molar-refractivity contribution in [1.29, 1.82) is 0 Å². The lowest BCUT2D eigenvalue weighted by Gasteiger charge is -2.03. The Morgan fingerprint density at radius 1 is 0.565 bits per heavy atom. The van der Waals surface area contributed by atoms with Gasteiger partial charge in [-0.05, 0) is 19.3 Å². The molecule has 136 valence electrons. The molecule has 0 saturated heterocycles. The van der Waals surface area contributed by atoms with E-state index in [1.807, 2.05) is 0 Å². The molecular weight excluding hydrogens is 288 g/mol. The summed E-state index contributed by atoms with van der Waals surface area (Å²) < 4.78 is 0. The first-order chi connectivity index (χ1) is 11.2. The van der Waals surface area contributed by atoms with Crippen LogP contribution in [0.3, 0.4) is 0 Å². The quantitative estimate of drug-likeness (QED) is 0.301. The van der Waals surface area contributed by atoms with E-state index in [1.54, 1.807) is 0 Å². The first-order valence-electron chi connectivity index (χ1n) is 9.90. The van der Waals surface area contributed by atoms with Gasteiger partial charge < -0.3 is 5.11 Å². The Kier molecular flexibility index (Phi) is 16.8. The Labute approximate surface area is 143 Å². The molecule has 0 aliphatic carbocycles. The Morgan fingerprint density at radius 3 is 1.30 bits per heavy atom. The second kappa shape index (κ2) is 17.5. The monoisotopic (exact) mass is 326 g/mol. The molecule has 3 nitrogen and oxygen atoms in total. The SMILES string of the molecule is CCCCCCCCCCCC(=O)CCCCCCCC(=O)O. The molecule has 0 fully saturated rings. The maximum atomic E-state index is 11.8. The highest BCUT2D eigenvalue weighted by Crippen LogP contribution is 2.12. The topological polar surface area (TPSA) is 54.4 Å². The standard InChI is InChI=1S/C20H38O3/c1-2-3-4-5-6-7-8-10-13-16-19(21)17-14-11-9-12-15-18-20(22)23/h2-18H2,1H3,(H,22,23). The van der Waals surface area contributed by atoms with Gasteiger partial charge in [0.1, 0.15) is 5.78 Å². The minimum Gasteiger partial charge on any atom is -0.481 e. The van der Waals surface area contributed by atoms with Gasteiger partial charge in [0.05, 0.1) is 0 Å². The second-order valence-electron chi connectivity index (χ2n) is 6.78. The third-order valence-electron chi connectivity index (χ3n) is 4.41. The summed E-state index contributed by atoms with van der Waals surface area (Å²) in [7, 11) is 0. The lowest BCUT2D eigenvalue weighted by atomic mass is 10.0. The van der Waals surface area contributed by atoms with Crippen LogP contribution in [-0.4, -0.2) is 16.9 Å². The summed E-state index contributed by atoms with van der Waals surface area (Å²) in [6.07, 6.45) is 18.2. The number of carbonyl (C=O) groups is 2. The maximum absolute atomic E-state index is 11.8. The number of carbonyl (C=O) groups excluding carboxylic acids is 1. The fraction of sp³-hybridized carbons (Fsp3) is 0.900. The van der Waals surface area contributed by atoms with E-state index in [0.29, 0.717) is 5.78 Å². The molecule has 0 aromatic rings. The predicted octanol–water partition coefficient (Wildman–Crippen LogP) is 6.29. The number of hydrogen-bond acceptors (Lipinski definition) is 2. The van der Waals surface area contributed by atoms with Crippen LogP contribution in [0.1, 0.15) is 116 Å². The molecule has 0 aromatic carbocycles. The van der Waals surface area contributed by atoms with Gasteiger partial charge in [0.15, 0.2) is 0 Å². The summed E-state index contributed by atoms with van der Waals surface area (Å²) in [5.41, 5.74) is 0. The highest BCUT2D eigenvalue weighted by atomic mass is 16.4. The molecule has 0 aliphatic heterocycles. The van der Waals surface area contributed by atoms with Crippen LogP contribution in [0.15, 0.2) is 0 Å². The molecule has 0 atom stereocenters. The van der Waals surface area contributed by atoms with E-state index in [9.17, 15) is 9.59 Å². The van der Waals surface area contributed by atoms with Gasteiger partial charge in [-0.2, -0.15) is 0 Å². The summed E-state index contributed by atoms with van der Waals surface area (Å²) in [6.45, 7) is 2.25.